The summed E-state index contributed by atoms with van der Waals surface area (Å²) in [5, 5.41) is 11.8. The van der Waals surface area contributed by atoms with Gasteiger partial charge in [-0.15, -0.1) is 0 Å². The highest BCUT2D eigenvalue weighted by Crippen LogP contribution is 2.34. The van der Waals surface area contributed by atoms with E-state index in [4.69, 9.17) is 29.4 Å². The van der Waals surface area contributed by atoms with Crippen molar-refractivity contribution in [2.45, 2.75) is 66.4 Å². The van der Waals surface area contributed by atoms with Crippen molar-refractivity contribution < 1.29 is 42.0 Å². The number of nitrogens with one attached hydrogen (secondary N) is 1. The van der Waals surface area contributed by atoms with Crippen LogP contribution < -0.4 is 15.8 Å². The average molecular weight is 565 g/mol. The van der Waals surface area contributed by atoms with Gasteiger partial charge in [0.15, 0.2) is 6.10 Å². The Kier molecular flexibility index (Phi) is 9.81. The highest BCUT2D eigenvalue weighted by Gasteiger charge is 2.53. The third kappa shape index (κ3) is 7.07. The third-order valence-corrected chi connectivity index (χ3v) is 8.96. The smallest absolute Gasteiger partial charge is 0.407 e. The third-order valence-electron chi connectivity index (χ3n) is 6.89. The van der Waals surface area contributed by atoms with Gasteiger partial charge in [0.25, 0.3) is 5.06 Å². The zero-order valence-electron chi connectivity index (χ0n) is 21.9. The summed E-state index contributed by atoms with van der Waals surface area (Å²) in [5.41, 5.74) is 7.33. The molecule has 1 amide bonds. The van der Waals surface area contributed by atoms with Crippen LogP contribution in [0.2, 0.25) is 0 Å². The molecule has 1 saturated heterocycles. The summed E-state index contributed by atoms with van der Waals surface area (Å²) in [7, 11) is -3.03. The molecule has 2 fully saturated rings. The molecule has 4 rings (SSSR count). The first-order chi connectivity index (χ1) is 18.7. The number of hydrogen-bond donors (Lipinski definition) is 3. The molecule has 214 valence electrons. The van der Waals surface area contributed by atoms with E-state index in [1.165, 1.54) is 31.4 Å². The van der Waals surface area contributed by atoms with Crippen LogP contribution in [0, 0.1) is 0 Å². The summed E-state index contributed by atoms with van der Waals surface area (Å²) >= 11 is 0. The minimum atomic E-state index is -4.49. The number of ether oxygens (including phenoxy) is 5. The van der Waals surface area contributed by atoms with Crippen molar-refractivity contribution in [3.8, 4) is 5.75 Å². The molecule has 1 saturated carbocycles. The van der Waals surface area contributed by atoms with Crippen LogP contribution in [0.5, 0.6) is 5.75 Å². The van der Waals surface area contributed by atoms with E-state index >= 15 is 0 Å². The number of carbonyl (C=O) groups is 1. The molecule has 2 aromatic rings. The van der Waals surface area contributed by atoms with Crippen molar-refractivity contribution in [3.63, 3.8) is 0 Å². The maximum atomic E-state index is 14.0. The second kappa shape index (κ2) is 13.1. The molecule has 1 heterocycles. The quantitative estimate of drug-likeness (QED) is 0.346. The van der Waals surface area contributed by atoms with Gasteiger partial charge in [-0.1, -0.05) is 43.2 Å². The molecule has 0 bridgehead atoms. The van der Waals surface area contributed by atoms with E-state index in [0.717, 1.165) is 18.4 Å². The normalized spacial score (nSPS) is 20.1. The summed E-state index contributed by atoms with van der Waals surface area (Å²) in [6.07, 6.45) is -0.927. The second-order valence-corrected chi connectivity index (χ2v) is 11.8. The zero-order valence-corrected chi connectivity index (χ0v) is 22.7. The minimum Gasteiger partial charge on any atom is -0.497 e. The van der Waals surface area contributed by atoms with Crippen molar-refractivity contribution in [1.82, 2.24) is 5.32 Å². The molecule has 39 heavy (non-hydrogen) atoms. The van der Waals surface area contributed by atoms with Crippen LogP contribution in [0.3, 0.4) is 0 Å². The van der Waals surface area contributed by atoms with Gasteiger partial charge < -0.3 is 34.1 Å². The van der Waals surface area contributed by atoms with Crippen molar-refractivity contribution in [2.75, 3.05) is 27.1 Å². The minimum absolute atomic E-state index is 0.0554. The van der Waals surface area contributed by atoms with Gasteiger partial charge in [0, 0.05) is 0 Å². The Hall–Kier alpha value is -2.74. The van der Waals surface area contributed by atoms with Gasteiger partial charge in [-0.3, -0.25) is 5.73 Å². The van der Waals surface area contributed by atoms with E-state index in [9.17, 15) is 18.3 Å². The number of hydrogen-bond acceptors (Lipinski definition) is 10. The van der Waals surface area contributed by atoms with Gasteiger partial charge in [-0.05, 0) is 49.1 Å². The number of amides is 1. The molecule has 12 heteroatoms. The molecular weight excluding hydrogens is 528 g/mol. The maximum absolute atomic E-state index is 14.0. The molecule has 2 aliphatic rings. The van der Waals surface area contributed by atoms with E-state index in [0.29, 0.717) is 18.6 Å². The monoisotopic (exact) mass is 564 g/mol. The number of rotatable bonds is 11. The number of carbonyl (C=O) groups excluding carboxylic acids is 1. The Morgan fingerprint density at radius 3 is 2.33 bits per heavy atom. The number of aliphatic hydroxyl groups is 1. The molecule has 2 aromatic carbocycles. The lowest BCUT2D eigenvalue weighted by Crippen LogP contribution is -2.66. The first kappa shape index (κ1) is 29.2. The highest BCUT2D eigenvalue weighted by atomic mass is 32.2. The summed E-state index contributed by atoms with van der Waals surface area (Å²) in [6.45, 7) is 0.405. The summed E-state index contributed by atoms with van der Waals surface area (Å²) in [4.78, 5) is 12.7. The molecule has 3 atom stereocenters. The van der Waals surface area contributed by atoms with Gasteiger partial charge in [0.05, 0.1) is 37.4 Å². The van der Waals surface area contributed by atoms with Crippen LogP contribution in [-0.2, 0) is 35.2 Å². The van der Waals surface area contributed by atoms with Crippen LogP contribution >= 0.6 is 0 Å². The predicted octanol–water partition coefficient (Wildman–Crippen LogP) is 2.11. The SMILES string of the molecule is COc1ccc(S(=O)(=O)[C@](N)(OC2CCCC2)[C@H](O)[C@@H](Cc2ccccc2)NC(=O)OC2COCOC2)cc1. The topological polar surface area (TPSA) is 156 Å². The summed E-state index contributed by atoms with van der Waals surface area (Å²) < 4.78 is 55.0. The lowest BCUT2D eigenvalue weighted by molar-refractivity contribution is -0.152. The number of sulfone groups is 1. The second-order valence-electron chi connectivity index (χ2n) is 9.70. The Morgan fingerprint density at radius 1 is 1.08 bits per heavy atom. The lowest BCUT2D eigenvalue weighted by Gasteiger charge is -2.39. The molecule has 0 unspecified atom stereocenters. The fourth-order valence-corrected chi connectivity index (χ4v) is 6.37. The van der Waals surface area contributed by atoms with Gasteiger partial charge in [-0.2, -0.15) is 0 Å². The number of nitrogens with two attached hydrogens (primary N) is 1. The van der Waals surface area contributed by atoms with Crippen molar-refractivity contribution >= 4 is 15.9 Å². The van der Waals surface area contributed by atoms with E-state index in [1.807, 2.05) is 6.07 Å². The fraction of sp³-hybridized carbons (Fsp3) is 0.519. The number of methoxy groups -OCH3 is 1. The van der Waals surface area contributed by atoms with E-state index in [-0.39, 0.29) is 31.3 Å². The zero-order chi connectivity index (χ0) is 27.9. The molecule has 1 aliphatic carbocycles. The van der Waals surface area contributed by atoms with E-state index in [2.05, 4.69) is 5.32 Å². The highest BCUT2D eigenvalue weighted by molar-refractivity contribution is 7.92. The maximum Gasteiger partial charge on any atom is 0.407 e. The first-order valence-corrected chi connectivity index (χ1v) is 14.4. The number of aliphatic hydroxyl groups excluding tert-OH is 1. The average Bonchev–Trinajstić information content (AvgIpc) is 3.46. The van der Waals surface area contributed by atoms with Gasteiger partial charge >= 0.3 is 6.09 Å². The van der Waals surface area contributed by atoms with Crippen LogP contribution in [0.25, 0.3) is 0 Å². The Labute approximate surface area is 228 Å². The van der Waals surface area contributed by atoms with Gasteiger partial charge in [-0.25, -0.2) is 13.2 Å². The van der Waals surface area contributed by atoms with Crippen molar-refractivity contribution in [2.24, 2.45) is 5.73 Å². The van der Waals surface area contributed by atoms with E-state index < -0.39 is 45.3 Å². The Bertz CT molecular complexity index is 1170. The molecule has 11 nitrogen and oxygen atoms in total. The molecule has 0 spiro atoms. The van der Waals surface area contributed by atoms with Crippen LogP contribution in [0.15, 0.2) is 59.5 Å². The molecule has 1 aliphatic heterocycles. The van der Waals surface area contributed by atoms with Gasteiger partial charge in [0.1, 0.15) is 18.6 Å². The van der Waals surface area contributed by atoms with Crippen molar-refractivity contribution in [3.05, 3.63) is 60.2 Å². The predicted molar refractivity (Wildman–Crippen MR) is 141 cm³/mol. The number of alkyl carbamates (subject to hydrolysis) is 1. The number of benzene rings is 2. The largest absolute Gasteiger partial charge is 0.497 e. The lowest BCUT2D eigenvalue weighted by atomic mass is 10.00. The summed E-state index contributed by atoms with van der Waals surface area (Å²) in [6, 6.07) is 13.5. The Balaban J connectivity index is 1.66. The van der Waals surface area contributed by atoms with Crippen LogP contribution in [0.1, 0.15) is 31.2 Å². The fourth-order valence-electron chi connectivity index (χ4n) is 4.76. The standard InChI is InChI=1S/C27H36N2O9S/c1-34-20-11-13-23(14-12-20)39(32,33)27(28,38-21-9-5-6-10-21)25(30)24(15-19-7-3-2-4-8-19)29-26(31)37-22-16-35-18-36-17-22/h2-4,7-8,11-14,21-22,24-25,30H,5-6,9-10,15-18,28H2,1H3,(H,29,31)/t24-,25-,27-/m1/s1. The molecule has 0 aromatic heterocycles. The van der Waals surface area contributed by atoms with Crippen LogP contribution in [-0.4, -0.2) is 76.1 Å². The molecule has 4 N–H and O–H groups in total. The summed E-state index contributed by atoms with van der Waals surface area (Å²) in [5.74, 6) is 0.455. The first-order valence-electron chi connectivity index (χ1n) is 12.9. The Morgan fingerprint density at radius 2 is 1.72 bits per heavy atom. The van der Waals surface area contributed by atoms with Crippen molar-refractivity contribution in [1.29, 1.82) is 0 Å². The van der Waals surface area contributed by atoms with Gasteiger partial charge in [0.2, 0.25) is 9.84 Å². The van der Waals surface area contributed by atoms with Crippen LogP contribution in [0.4, 0.5) is 4.79 Å². The van der Waals surface area contributed by atoms with E-state index in [1.54, 1.807) is 24.3 Å². The molecular formula is C27H36N2O9S. The molecule has 0 radical (unpaired) electrons.